The summed E-state index contributed by atoms with van der Waals surface area (Å²) < 4.78 is 4.79. The van der Waals surface area contributed by atoms with Gasteiger partial charge in [-0.1, -0.05) is 0 Å². The molecule has 3 nitrogen and oxygen atoms in total. The molecule has 0 aromatic heterocycles. The molecule has 0 bridgehead atoms. The molecule has 0 spiro atoms. The molecule has 0 heterocycles. The Morgan fingerprint density at radius 1 is 0.667 bits per heavy atom. The van der Waals surface area contributed by atoms with Crippen LogP contribution in [0.3, 0.4) is 0 Å². The average molecular weight is 397 g/mol. The number of unbranched alkanes of at least 4 members (excludes halogenated alkanes) is 6. The van der Waals surface area contributed by atoms with Crippen LogP contribution in [0.25, 0.3) is 0 Å². The Kier molecular flexibility index (Phi) is 11.1. The van der Waals surface area contributed by atoms with Gasteiger partial charge in [0.05, 0.1) is 0 Å². The van der Waals surface area contributed by atoms with E-state index in [1.54, 1.807) is 0 Å². The van der Waals surface area contributed by atoms with Crippen LogP contribution in [0.5, 0.6) is 0 Å². The van der Waals surface area contributed by atoms with Gasteiger partial charge in [0.1, 0.15) is 0 Å². The maximum absolute atomic E-state index is 12.8. The summed E-state index contributed by atoms with van der Waals surface area (Å²) in [7, 11) is -3.35. The van der Waals surface area contributed by atoms with Crippen LogP contribution >= 0.6 is 7.13 Å². The molecule has 0 aliphatic heterocycles. The average Bonchev–Trinajstić information content (AvgIpc) is 2.70. The van der Waals surface area contributed by atoms with Crippen molar-refractivity contribution < 1.29 is 4.89 Å². The fourth-order valence-corrected chi connectivity index (χ4v) is 10.4. The minimum atomic E-state index is -3.35. The first-order valence-corrected chi connectivity index (χ1v) is 13.6. The first-order chi connectivity index (χ1) is 13.0. The van der Waals surface area contributed by atoms with Crippen LogP contribution in [-0.2, 0) is 0 Å². The van der Waals surface area contributed by atoms with Crippen LogP contribution in [-0.4, -0.2) is 46.6 Å². The summed E-state index contributed by atoms with van der Waals surface area (Å²) in [6.07, 6.45) is 9.82. The molecule has 27 heavy (non-hydrogen) atoms. The zero-order valence-corrected chi connectivity index (χ0v) is 19.6. The number of rotatable bonds is 15. The summed E-state index contributed by atoms with van der Waals surface area (Å²) in [5, 5.41) is 1.14. The van der Waals surface area contributed by atoms with Gasteiger partial charge in [-0.2, -0.15) is 0 Å². The van der Waals surface area contributed by atoms with E-state index in [-0.39, 0.29) is 0 Å². The van der Waals surface area contributed by atoms with Gasteiger partial charge in [0, 0.05) is 0 Å². The Morgan fingerprint density at radius 3 is 1.56 bits per heavy atom. The Morgan fingerprint density at radius 2 is 1.11 bits per heavy atom. The Bertz CT molecular complexity index is 488. The molecule has 158 valence electrons. The number of hydrogen-bond acceptors (Lipinski definition) is 3. The van der Waals surface area contributed by atoms with Crippen LogP contribution < -0.4 is 5.30 Å². The maximum atomic E-state index is 12.8. The summed E-state index contributed by atoms with van der Waals surface area (Å²) in [5.41, 5.74) is 0. The van der Waals surface area contributed by atoms with E-state index in [4.69, 9.17) is 0 Å². The van der Waals surface area contributed by atoms with Crippen LogP contribution in [0.15, 0.2) is 30.3 Å². The van der Waals surface area contributed by atoms with E-state index < -0.39 is 7.13 Å². The van der Waals surface area contributed by atoms with Gasteiger partial charge in [-0.05, 0) is 0 Å². The molecule has 0 aliphatic carbocycles. The van der Waals surface area contributed by atoms with Gasteiger partial charge in [-0.15, -0.1) is 0 Å². The standard InChI is InChI=1S/C23H45N2OP/c1-6-11-12-13-14-15-19-22-27(26,24(7-2)8-3,25(9-4)10-5)23-20-17-16-18-21-23/h16-18,20-21,26H,6-15,19,22H2,1-5H3. The van der Waals surface area contributed by atoms with Gasteiger partial charge < -0.3 is 0 Å². The molecular formula is C23H45N2OP. The number of hydrogen-bond donors (Lipinski definition) is 1. The molecule has 1 aromatic rings. The molecule has 0 amide bonds. The van der Waals surface area contributed by atoms with E-state index in [0.29, 0.717) is 0 Å². The second-order valence-corrected chi connectivity index (χ2v) is 12.0. The van der Waals surface area contributed by atoms with Crippen molar-refractivity contribution in [2.24, 2.45) is 0 Å². The van der Waals surface area contributed by atoms with E-state index in [2.05, 4.69) is 74.3 Å². The van der Waals surface area contributed by atoms with Crippen LogP contribution in [0, 0.1) is 0 Å². The van der Waals surface area contributed by atoms with Crippen molar-refractivity contribution in [3.8, 4) is 0 Å². The molecule has 0 atom stereocenters. The first-order valence-electron chi connectivity index (χ1n) is 11.4. The van der Waals surface area contributed by atoms with E-state index in [9.17, 15) is 4.89 Å². The molecule has 0 radical (unpaired) electrons. The SMILES string of the molecule is CCCCCCCCCP(O)(c1ccccc1)(N(CC)CC)N(CC)CC. The molecule has 1 N–H and O–H groups in total. The Hall–Kier alpha value is -0.470. The van der Waals surface area contributed by atoms with E-state index in [0.717, 1.165) is 44.1 Å². The molecule has 1 aromatic carbocycles. The number of nitrogens with zero attached hydrogens (tertiary/aromatic N) is 2. The monoisotopic (exact) mass is 396 g/mol. The topological polar surface area (TPSA) is 26.7 Å². The normalized spacial score (nSPS) is 13.9. The van der Waals surface area contributed by atoms with Gasteiger partial charge in [0.2, 0.25) is 0 Å². The van der Waals surface area contributed by atoms with Crippen LogP contribution in [0.2, 0.25) is 0 Å². The number of benzene rings is 1. The quantitative estimate of drug-likeness (QED) is 0.289. The zero-order valence-electron chi connectivity index (χ0n) is 18.7. The van der Waals surface area contributed by atoms with Crippen molar-refractivity contribution in [2.45, 2.75) is 79.6 Å². The van der Waals surface area contributed by atoms with Crippen molar-refractivity contribution in [1.82, 2.24) is 9.34 Å². The minimum absolute atomic E-state index is 0.882. The van der Waals surface area contributed by atoms with E-state index >= 15 is 0 Å². The molecule has 0 saturated heterocycles. The summed E-state index contributed by atoms with van der Waals surface area (Å²) in [5.74, 6) is 0. The van der Waals surface area contributed by atoms with Crippen molar-refractivity contribution in [3.63, 3.8) is 0 Å². The molecular weight excluding hydrogens is 351 g/mol. The van der Waals surface area contributed by atoms with Crippen LogP contribution in [0.1, 0.15) is 79.6 Å². The molecule has 4 heteroatoms. The molecule has 0 aliphatic rings. The fraction of sp³-hybridized carbons (Fsp3) is 0.739. The second kappa shape index (κ2) is 12.2. The molecule has 1 rings (SSSR count). The van der Waals surface area contributed by atoms with Crippen LogP contribution in [0.4, 0.5) is 0 Å². The predicted molar refractivity (Wildman–Crippen MR) is 124 cm³/mol. The summed E-state index contributed by atoms with van der Waals surface area (Å²) in [4.78, 5) is 12.8. The predicted octanol–water partition coefficient (Wildman–Crippen LogP) is 6.04. The first kappa shape index (κ1) is 24.6. The van der Waals surface area contributed by atoms with Crippen molar-refractivity contribution in [3.05, 3.63) is 30.3 Å². The third kappa shape index (κ3) is 5.54. The molecule has 0 saturated carbocycles. The van der Waals surface area contributed by atoms with Crippen molar-refractivity contribution >= 4 is 12.4 Å². The third-order valence-electron chi connectivity index (χ3n) is 6.11. The second-order valence-electron chi connectivity index (χ2n) is 7.61. The van der Waals surface area contributed by atoms with Crippen molar-refractivity contribution in [2.75, 3.05) is 32.3 Å². The summed E-state index contributed by atoms with van der Waals surface area (Å²) in [6, 6.07) is 10.6. The fourth-order valence-electron chi connectivity index (χ4n) is 4.65. The van der Waals surface area contributed by atoms with E-state index in [1.165, 1.54) is 38.5 Å². The Labute approximate surface area is 169 Å². The Balaban J connectivity index is 3.16. The van der Waals surface area contributed by atoms with Gasteiger partial charge in [0.25, 0.3) is 0 Å². The van der Waals surface area contributed by atoms with Gasteiger partial charge in [-0.25, -0.2) is 0 Å². The van der Waals surface area contributed by atoms with E-state index in [1.807, 2.05) is 0 Å². The van der Waals surface area contributed by atoms with Crippen molar-refractivity contribution in [1.29, 1.82) is 0 Å². The van der Waals surface area contributed by atoms with Gasteiger partial charge in [0.15, 0.2) is 0 Å². The van der Waals surface area contributed by atoms with Gasteiger partial charge in [-0.3, -0.25) is 0 Å². The third-order valence-corrected chi connectivity index (χ3v) is 12.1. The summed E-state index contributed by atoms with van der Waals surface area (Å²) >= 11 is 0. The van der Waals surface area contributed by atoms with Gasteiger partial charge >= 0.3 is 169 Å². The zero-order chi connectivity index (χ0) is 20.2. The molecule has 0 unspecified atom stereocenters. The summed E-state index contributed by atoms with van der Waals surface area (Å²) in [6.45, 7) is 14.6. The molecule has 0 fully saturated rings.